The highest BCUT2D eigenvalue weighted by atomic mass is 16.2. The number of benzene rings is 1. The van der Waals surface area contributed by atoms with Crippen LogP contribution in [0.1, 0.15) is 31.2 Å². The van der Waals surface area contributed by atoms with Gasteiger partial charge in [-0.05, 0) is 37.5 Å². The molecule has 2 aliphatic heterocycles. The van der Waals surface area contributed by atoms with Gasteiger partial charge in [-0.25, -0.2) is 4.98 Å². The number of pyridine rings is 1. The Labute approximate surface area is 162 Å². The number of hydrogen-bond acceptors (Lipinski definition) is 4. The molecule has 0 radical (unpaired) electrons. The molecule has 0 atom stereocenters. The van der Waals surface area contributed by atoms with Gasteiger partial charge in [-0.1, -0.05) is 31.0 Å². The van der Waals surface area contributed by atoms with Gasteiger partial charge in [-0.2, -0.15) is 0 Å². The molecule has 5 nitrogen and oxygen atoms in total. The SMILES string of the molecule is Cc1cc(N2CCN(CC(=O)N3CCCCCC3)CC2)nc2ccccc12. The Balaban J connectivity index is 1.35. The van der Waals surface area contributed by atoms with E-state index < -0.39 is 0 Å². The fourth-order valence-electron chi connectivity index (χ4n) is 4.24. The maximum absolute atomic E-state index is 12.6. The molecule has 3 heterocycles. The minimum Gasteiger partial charge on any atom is -0.354 e. The van der Waals surface area contributed by atoms with E-state index >= 15 is 0 Å². The summed E-state index contributed by atoms with van der Waals surface area (Å²) in [5.74, 6) is 1.37. The number of para-hydroxylation sites is 1. The van der Waals surface area contributed by atoms with Crippen molar-refractivity contribution in [1.29, 1.82) is 0 Å². The third kappa shape index (κ3) is 4.24. The average molecular weight is 367 g/mol. The number of hydrogen-bond donors (Lipinski definition) is 0. The predicted octanol–water partition coefficient (Wildman–Crippen LogP) is 3.07. The molecule has 0 aliphatic carbocycles. The van der Waals surface area contributed by atoms with Crippen LogP contribution < -0.4 is 4.90 Å². The van der Waals surface area contributed by atoms with Gasteiger partial charge in [0.15, 0.2) is 0 Å². The Morgan fingerprint density at radius 2 is 1.67 bits per heavy atom. The predicted molar refractivity (Wildman–Crippen MR) is 110 cm³/mol. The van der Waals surface area contributed by atoms with Gasteiger partial charge < -0.3 is 9.80 Å². The fraction of sp³-hybridized carbons (Fsp3) is 0.545. The number of carbonyl (C=O) groups is 1. The molecular weight excluding hydrogens is 336 g/mol. The number of amides is 1. The van der Waals surface area contributed by atoms with Gasteiger partial charge >= 0.3 is 0 Å². The van der Waals surface area contributed by atoms with Crippen LogP contribution in [0.2, 0.25) is 0 Å². The maximum atomic E-state index is 12.6. The van der Waals surface area contributed by atoms with Gasteiger partial charge in [0.25, 0.3) is 0 Å². The van der Waals surface area contributed by atoms with E-state index in [1.165, 1.54) is 23.8 Å². The molecule has 0 unspecified atom stereocenters. The van der Waals surface area contributed by atoms with Gasteiger partial charge in [0, 0.05) is 44.7 Å². The molecule has 27 heavy (non-hydrogen) atoms. The maximum Gasteiger partial charge on any atom is 0.236 e. The van der Waals surface area contributed by atoms with Gasteiger partial charge in [-0.3, -0.25) is 9.69 Å². The van der Waals surface area contributed by atoms with E-state index in [-0.39, 0.29) is 0 Å². The first-order chi connectivity index (χ1) is 13.2. The van der Waals surface area contributed by atoms with E-state index in [9.17, 15) is 4.79 Å². The second-order valence-electron chi connectivity index (χ2n) is 7.87. The van der Waals surface area contributed by atoms with Crippen molar-refractivity contribution >= 4 is 22.6 Å². The number of carbonyl (C=O) groups excluding carboxylic acids is 1. The van der Waals surface area contributed by atoms with Crippen molar-refractivity contribution < 1.29 is 4.79 Å². The molecule has 0 saturated carbocycles. The van der Waals surface area contributed by atoms with Crippen LogP contribution in [0.5, 0.6) is 0 Å². The molecule has 0 spiro atoms. The van der Waals surface area contributed by atoms with Crippen molar-refractivity contribution in [3.05, 3.63) is 35.9 Å². The number of likely N-dealkylation sites (tertiary alicyclic amines) is 1. The summed E-state index contributed by atoms with van der Waals surface area (Å²) in [5.41, 5.74) is 2.33. The highest BCUT2D eigenvalue weighted by Gasteiger charge is 2.23. The van der Waals surface area contributed by atoms with Crippen molar-refractivity contribution in [2.45, 2.75) is 32.6 Å². The zero-order valence-corrected chi connectivity index (χ0v) is 16.4. The van der Waals surface area contributed by atoms with E-state index in [1.807, 2.05) is 6.07 Å². The van der Waals surface area contributed by atoms with E-state index in [1.54, 1.807) is 0 Å². The lowest BCUT2D eigenvalue weighted by Crippen LogP contribution is -2.50. The lowest BCUT2D eigenvalue weighted by atomic mass is 10.1. The first-order valence-corrected chi connectivity index (χ1v) is 10.3. The molecule has 144 valence electrons. The van der Waals surface area contributed by atoms with Crippen LogP contribution in [0.4, 0.5) is 5.82 Å². The van der Waals surface area contributed by atoms with E-state index in [0.29, 0.717) is 12.5 Å². The standard InChI is InChI=1S/C22H30N4O/c1-18-16-21(23-20-9-5-4-8-19(18)20)25-14-12-24(13-15-25)17-22(27)26-10-6-2-3-7-11-26/h4-5,8-9,16H,2-3,6-7,10-15,17H2,1H3. The van der Waals surface area contributed by atoms with E-state index in [2.05, 4.69) is 45.9 Å². The molecule has 4 rings (SSSR count). The first-order valence-electron chi connectivity index (χ1n) is 10.3. The molecule has 5 heteroatoms. The van der Waals surface area contributed by atoms with Gasteiger partial charge in [0.2, 0.25) is 5.91 Å². The Kier molecular flexibility index (Phi) is 5.58. The van der Waals surface area contributed by atoms with Gasteiger partial charge in [0.05, 0.1) is 12.1 Å². The Morgan fingerprint density at radius 3 is 2.41 bits per heavy atom. The van der Waals surface area contributed by atoms with Crippen molar-refractivity contribution in [3.63, 3.8) is 0 Å². The summed E-state index contributed by atoms with van der Waals surface area (Å²) >= 11 is 0. The Hall–Kier alpha value is -2.14. The van der Waals surface area contributed by atoms with Crippen molar-refractivity contribution in [3.8, 4) is 0 Å². The van der Waals surface area contributed by atoms with Crippen LogP contribution in [0, 0.1) is 6.92 Å². The van der Waals surface area contributed by atoms with Crippen LogP contribution in [-0.2, 0) is 4.79 Å². The van der Waals surface area contributed by atoms with Crippen LogP contribution in [0.15, 0.2) is 30.3 Å². The molecule has 2 aromatic rings. The van der Waals surface area contributed by atoms with Crippen molar-refractivity contribution in [1.82, 2.24) is 14.8 Å². The monoisotopic (exact) mass is 366 g/mol. The number of aryl methyl sites for hydroxylation is 1. The topological polar surface area (TPSA) is 39.7 Å². The lowest BCUT2D eigenvalue weighted by molar-refractivity contribution is -0.132. The highest BCUT2D eigenvalue weighted by molar-refractivity contribution is 5.83. The number of anilines is 1. The second-order valence-corrected chi connectivity index (χ2v) is 7.87. The fourth-order valence-corrected chi connectivity index (χ4v) is 4.24. The largest absolute Gasteiger partial charge is 0.354 e. The van der Waals surface area contributed by atoms with E-state index in [0.717, 1.165) is 63.4 Å². The molecular formula is C22H30N4O. The molecule has 0 bridgehead atoms. The molecule has 0 N–H and O–H groups in total. The van der Waals surface area contributed by atoms with E-state index in [4.69, 9.17) is 4.98 Å². The van der Waals surface area contributed by atoms with Crippen LogP contribution >= 0.6 is 0 Å². The second kappa shape index (κ2) is 8.26. The third-order valence-electron chi connectivity index (χ3n) is 5.92. The van der Waals surface area contributed by atoms with Gasteiger partial charge in [-0.15, -0.1) is 0 Å². The Bertz CT molecular complexity index is 790. The molecule has 1 amide bonds. The summed E-state index contributed by atoms with van der Waals surface area (Å²) in [6.07, 6.45) is 4.85. The lowest BCUT2D eigenvalue weighted by Gasteiger charge is -2.36. The number of piperazine rings is 1. The highest BCUT2D eigenvalue weighted by Crippen LogP contribution is 2.23. The quantitative estimate of drug-likeness (QED) is 0.837. The third-order valence-corrected chi connectivity index (χ3v) is 5.92. The number of aromatic nitrogens is 1. The zero-order valence-electron chi connectivity index (χ0n) is 16.4. The first kappa shape index (κ1) is 18.2. The summed E-state index contributed by atoms with van der Waals surface area (Å²) in [4.78, 5) is 24.2. The summed E-state index contributed by atoms with van der Waals surface area (Å²) in [6, 6.07) is 10.5. The molecule has 1 aromatic carbocycles. The molecule has 2 saturated heterocycles. The molecule has 2 aliphatic rings. The van der Waals surface area contributed by atoms with Crippen LogP contribution in [0.25, 0.3) is 10.9 Å². The molecule has 2 fully saturated rings. The number of fused-ring (bicyclic) bond motifs is 1. The van der Waals surface area contributed by atoms with Crippen LogP contribution in [-0.4, -0.2) is 66.5 Å². The molecule has 1 aromatic heterocycles. The number of nitrogens with zero attached hydrogens (tertiary/aromatic N) is 4. The summed E-state index contributed by atoms with van der Waals surface area (Å²) in [6.45, 7) is 8.32. The smallest absolute Gasteiger partial charge is 0.236 e. The van der Waals surface area contributed by atoms with Crippen molar-refractivity contribution in [2.24, 2.45) is 0 Å². The zero-order chi connectivity index (χ0) is 18.6. The summed E-state index contributed by atoms with van der Waals surface area (Å²) in [5, 5.41) is 1.22. The average Bonchev–Trinajstić information content (AvgIpc) is 2.98. The summed E-state index contributed by atoms with van der Waals surface area (Å²) in [7, 11) is 0. The number of rotatable bonds is 3. The normalized spacial score (nSPS) is 19.3. The van der Waals surface area contributed by atoms with Crippen LogP contribution in [0.3, 0.4) is 0 Å². The summed E-state index contributed by atoms with van der Waals surface area (Å²) < 4.78 is 0. The van der Waals surface area contributed by atoms with Gasteiger partial charge in [0.1, 0.15) is 5.82 Å². The minimum absolute atomic E-state index is 0.310. The minimum atomic E-state index is 0.310. The Morgan fingerprint density at radius 1 is 0.963 bits per heavy atom. The van der Waals surface area contributed by atoms with Crippen molar-refractivity contribution in [2.75, 3.05) is 50.7 Å².